The van der Waals surface area contributed by atoms with Crippen molar-refractivity contribution in [2.24, 2.45) is 0 Å². The lowest BCUT2D eigenvalue weighted by Gasteiger charge is -2.05. The van der Waals surface area contributed by atoms with Gasteiger partial charge in [0.25, 0.3) is 0 Å². The highest BCUT2D eigenvalue weighted by Crippen LogP contribution is 2.20. The second kappa shape index (κ2) is 6.66. The number of rotatable bonds is 5. The van der Waals surface area contributed by atoms with Crippen LogP contribution in [0.1, 0.15) is 34.7 Å². The Hall–Kier alpha value is -2.95. The summed E-state index contributed by atoms with van der Waals surface area (Å²) in [5.74, 6) is 0.342. The number of anilines is 1. The van der Waals surface area contributed by atoms with E-state index in [4.69, 9.17) is 4.42 Å². The van der Waals surface area contributed by atoms with E-state index in [0.717, 1.165) is 11.1 Å². The molecule has 1 heterocycles. The average molecular weight is 322 g/mol. The van der Waals surface area contributed by atoms with Crippen LogP contribution in [0.15, 0.2) is 46.9 Å². The van der Waals surface area contributed by atoms with Crippen molar-refractivity contribution in [3.05, 3.63) is 59.5 Å². The van der Waals surface area contributed by atoms with Gasteiger partial charge in [-0.3, -0.25) is 9.59 Å². The Morgan fingerprint density at radius 2 is 1.79 bits per heavy atom. The average Bonchev–Trinajstić information content (AvgIpc) is 2.92. The number of carbonyl (C=O) groups is 2. The van der Waals surface area contributed by atoms with E-state index in [2.05, 4.69) is 10.3 Å². The van der Waals surface area contributed by atoms with Gasteiger partial charge >= 0.3 is 0 Å². The van der Waals surface area contributed by atoms with Gasteiger partial charge in [-0.25, -0.2) is 4.98 Å². The first-order valence-corrected chi connectivity index (χ1v) is 7.78. The molecule has 1 N–H and O–H groups in total. The molecule has 0 saturated carbocycles. The Morgan fingerprint density at radius 1 is 1.04 bits per heavy atom. The van der Waals surface area contributed by atoms with E-state index in [9.17, 15) is 9.59 Å². The lowest BCUT2D eigenvalue weighted by molar-refractivity contribution is -0.116. The highest BCUT2D eigenvalue weighted by molar-refractivity contribution is 6.00. The minimum atomic E-state index is -0.203. The number of hydrogen-bond acceptors (Lipinski definition) is 4. The van der Waals surface area contributed by atoms with Gasteiger partial charge in [0.2, 0.25) is 5.91 Å². The van der Waals surface area contributed by atoms with Crippen molar-refractivity contribution in [3.8, 4) is 0 Å². The summed E-state index contributed by atoms with van der Waals surface area (Å²) >= 11 is 0. The Labute approximate surface area is 139 Å². The van der Waals surface area contributed by atoms with Crippen molar-refractivity contribution in [1.82, 2.24) is 4.98 Å². The summed E-state index contributed by atoms with van der Waals surface area (Å²) < 4.78 is 5.44. The van der Waals surface area contributed by atoms with Crippen LogP contribution in [0.4, 0.5) is 5.69 Å². The topological polar surface area (TPSA) is 72.2 Å². The van der Waals surface area contributed by atoms with E-state index in [1.165, 1.54) is 0 Å². The molecule has 3 aromatic rings. The molecule has 0 aliphatic carbocycles. The number of aryl methyl sites for hydroxylation is 2. The Bertz CT molecular complexity index is 895. The lowest BCUT2D eigenvalue weighted by Crippen LogP contribution is -2.13. The second-order valence-corrected chi connectivity index (χ2v) is 5.75. The normalized spacial score (nSPS) is 10.8. The van der Waals surface area contributed by atoms with Crippen LogP contribution in [-0.4, -0.2) is 16.7 Å². The van der Waals surface area contributed by atoms with E-state index >= 15 is 0 Å². The van der Waals surface area contributed by atoms with Gasteiger partial charge in [0.15, 0.2) is 17.3 Å². The number of ketones is 1. The smallest absolute Gasteiger partial charge is 0.224 e. The minimum absolute atomic E-state index is 0.0357. The van der Waals surface area contributed by atoms with Crippen LogP contribution >= 0.6 is 0 Å². The fourth-order valence-corrected chi connectivity index (χ4v) is 2.45. The van der Waals surface area contributed by atoms with Crippen LogP contribution in [0, 0.1) is 13.8 Å². The number of benzene rings is 2. The predicted molar refractivity (Wildman–Crippen MR) is 92.1 cm³/mol. The highest BCUT2D eigenvalue weighted by Gasteiger charge is 2.10. The van der Waals surface area contributed by atoms with E-state index < -0.39 is 0 Å². The standard InChI is InChI=1S/C19H18N2O3/c1-12-3-5-14(6-4-12)17(22)9-10-19(23)21-15-7-8-16-18(11-15)24-13(2)20-16/h3-8,11H,9-10H2,1-2H3,(H,21,23). The van der Waals surface area contributed by atoms with Gasteiger partial charge in [-0.15, -0.1) is 0 Å². The molecule has 0 radical (unpaired) electrons. The van der Waals surface area contributed by atoms with Crippen molar-refractivity contribution >= 4 is 28.5 Å². The van der Waals surface area contributed by atoms with Crippen molar-refractivity contribution in [2.75, 3.05) is 5.32 Å². The molecule has 0 bridgehead atoms. The summed E-state index contributed by atoms with van der Waals surface area (Å²) in [6.45, 7) is 3.74. The van der Waals surface area contributed by atoms with Crippen molar-refractivity contribution < 1.29 is 14.0 Å². The SMILES string of the molecule is Cc1ccc(C(=O)CCC(=O)Nc2ccc3nc(C)oc3c2)cc1. The van der Waals surface area contributed by atoms with Crippen LogP contribution in [-0.2, 0) is 4.79 Å². The molecule has 5 heteroatoms. The van der Waals surface area contributed by atoms with Crippen LogP contribution in [0.5, 0.6) is 0 Å². The maximum Gasteiger partial charge on any atom is 0.224 e. The molecular weight excluding hydrogens is 304 g/mol. The quantitative estimate of drug-likeness (QED) is 0.719. The summed E-state index contributed by atoms with van der Waals surface area (Å²) in [4.78, 5) is 28.3. The molecule has 3 rings (SSSR count). The first-order chi connectivity index (χ1) is 11.5. The third-order valence-electron chi connectivity index (χ3n) is 3.73. The molecule has 0 saturated heterocycles. The molecule has 1 aromatic heterocycles. The maximum atomic E-state index is 12.1. The number of amides is 1. The molecule has 0 unspecified atom stereocenters. The van der Waals surface area contributed by atoms with E-state index in [-0.39, 0.29) is 24.5 Å². The zero-order valence-electron chi connectivity index (χ0n) is 13.6. The van der Waals surface area contributed by atoms with Gasteiger partial charge in [0.05, 0.1) is 0 Å². The van der Waals surface area contributed by atoms with Gasteiger partial charge in [0, 0.05) is 37.1 Å². The summed E-state index contributed by atoms with van der Waals surface area (Å²) in [5.41, 5.74) is 3.74. The number of carbonyl (C=O) groups excluding carboxylic acids is 2. The predicted octanol–water partition coefficient (Wildman–Crippen LogP) is 4.05. The Balaban J connectivity index is 1.58. The van der Waals surface area contributed by atoms with Crippen LogP contribution < -0.4 is 5.32 Å². The van der Waals surface area contributed by atoms with Gasteiger partial charge in [-0.2, -0.15) is 0 Å². The molecule has 122 valence electrons. The summed E-state index contributed by atoms with van der Waals surface area (Å²) in [5, 5.41) is 2.78. The first kappa shape index (κ1) is 15.9. The molecule has 0 aliphatic heterocycles. The molecule has 24 heavy (non-hydrogen) atoms. The maximum absolute atomic E-state index is 12.1. The Kier molecular flexibility index (Phi) is 4.42. The zero-order chi connectivity index (χ0) is 17.1. The number of fused-ring (bicyclic) bond motifs is 1. The number of aromatic nitrogens is 1. The molecule has 0 fully saturated rings. The fraction of sp³-hybridized carbons (Fsp3) is 0.211. The lowest BCUT2D eigenvalue weighted by atomic mass is 10.0. The zero-order valence-corrected chi connectivity index (χ0v) is 13.6. The van der Waals surface area contributed by atoms with Gasteiger partial charge in [-0.1, -0.05) is 29.8 Å². The number of nitrogens with zero attached hydrogens (tertiary/aromatic N) is 1. The fourth-order valence-electron chi connectivity index (χ4n) is 2.45. The van der Waals surface area contributed by atoms with Crippen molar-refractivity contribution in [3.63, 3.8) is 0 Å². The van der Waals surface area contributed by atoms with Gasteiger partial charge in [0.1, 0.15) is 5.52 Å². The van der Waals surface area contributed by atoms with Crippen LogP contribution in [0.3, 0.4) is 0 Å². The van der Waals surface area contributed by atoms with Gasteiger partial charge in [-0.05, 0) is 19.1 Å². The summed E-state index contributed by atoms with van der Waals surface area (Å²) in [7, 11) is 0. The number of Topliss-reactive ketones (excluding diaryl/α,β-unsaturated/α-hetero) is 1. The Morgan fingerprint density at radius 3 is 2.54 bits per heavy atom. The molecule has 0 spiro atoms. The number of hydrogen-bond donors (Lipinski definition) is 1. The summed E-state index contributed by atoms with van der Waals surface area (Å²) in [6.07, 6.45) is 0.318. The minimum Gasteiger partial charge on any atom is -0.441 e. The summed E-state index contributed by atoms with van der Waals surface area (Å²) in [6, 6.07) is 12.6. The highest BCUT2D eigenvalue weighted by atomic mass is 16.3. The molecular formula is C19H18N2O3. The van der Waals surface area contributed by atoms with E-state index in [0.29, 0.717) is 22.7 Å². The van der Waals surface area contributed by atoms with Crippen LogP contribution in [0.25, 0.3) is 11.1 Å². The molecule has 0 aliphatic rings. The molecule has 1 amide bonds. The van der Waals surface area contributed by atoms with E-state index in [1.807, 2.05) is 19.1 Å². The third kappa shape index (κ3) is 3.68. The number of nitrogens with one attached hydrogen (secondary N) is 1. The second-order valence-electron chi connectivity index (χ2n) is 5.75. The molecule has 2 aromatic carbocycles. The van der Waals surface area contributed by atoms with Crippen LogP contribution in [0.2, 0.25) is 0 Å². The van der Waals surface area contributed by atoms with E-state index in [1.54, 1.807) is 37.3 Å². The molecule has 5 nitrogen and oxygen atoms in total. The molecule has 0 atom stereocenters. The number of oxazole rings is 1. The van der Waals surface area contributed by atoms with Gasteiger partial charge < -0.3 is 9.73 Å². The third-order valence-corrected chi connectivity index (χ3v) is 3.73. The largest absolute Gasteiger partial charge is 0.441 e. The first-order valence-electron chi connectivity index (χ1n) is 7.78. The van der Waals surface area contributed by atoms with Crippen molar-refractivity contribution in [1.29, 1.82) is 0 Å². The van der Waals surface area contributed by atoms with Crippen molar-refractivity contribution in [2.45, 2.75) is 26.7 Å². The monoisotopic (exact) mass is 322 g/mol.